The number of pyridine rings is 3. The zero-order chi connectivity index (χ0) is 28.1. The minimum Gasteiger partial charge on any atom is -0.383 e. The second kappa shape index (κ2) is 9.58. The minimum atomic E-state index is -4.68. The highest BCUT2D eigenvalue weighted by Crippen LogP contribution is 2.38. The Kier molecular flexibility index (Phi) is 6.51. The van der Waals surface area contributed by atoms with Gasteiger partial charge < -0.3 is 15.4 Å². The number of rotatable bonds is 5. The minimum absolute atomic E-state index is 0.0338. The summed E-state index contributed by atoms with van der Waals surface area (Å²) >= 11 is 0. The van der Waals surface area contributed by atoms with Gasteiger partial charge in [0.15, 0.2) is 14.9 Å². The lowest BCUT2D eigenvalue weighted by Crippen LogP contribution is -2.32. The second-order valence-corrected chi connectivity index (χ2v) is 11.0. The highest BCUT2D eigenvalue weighted by atomic mass is 32.2. The summed E-state index contributed by atoms with van der Waals surface area (Å²) in [5, 5.41) is 0.473. The molecule has 0 saturated heterocycles. The Morgan fingerprint density at radius 2 is 1.95 bits per heavy atom. The Hall–Kier alpha value is -4.10. The SMILES string of the molecule is C[C@@H]1OCc2c(N)nc3cc(CN(C(=O)c4ccc(C(F)(F)F)nc4)c4cccnc4S(C)(=O)=O)ccc3c21. The van der Waals surface area contributed by atoms with Gasteiger partial charge in [-0.15, -0.1) is 0 Å². The van der Waals surface area contributed by atoms with Crippen LogP contribution in [0.2, 0.25) is 0 Å². The van der Waals surface area contributed by atoms with Crippen LogP contribution in [0.3, 0.4) is 0 Å². The van der Waals surface area contributed by atoms with E-state index in [1.165, 1.54) is 18.3 Å². The van der Waals surface area contributed by atoms with Gasteiger partial charge in [-0.05, 0) is 48.4 Å². The molecule has 4 aromatic rings. The van der Waals surface area contributed by atoms with E-state index in [1.807, 2.05) is 13.0 Å². The molecule has 0 fully saturated rings. The van der Waals surface area contributed by atoms with E-state index in [-0.39, 0.29) is 28.9 Å². The van der Waals surface area contributed by atoms with Gasteiger partial charge in [0.1, 0.15) is 11.5 Å². The maximum atomic E-state index is 13.6. The highest BCUT2D eigenvalue weighted by Gasteiger charge is 2.33. The summed E-state index contributed by atoms with van der Waals surface area (Å²) in [7, 11) is -3.88. The maximum Gasteiger partial charge on any atom is 0.433 e. The molecule has 4 heterocycles. The normalized spacial score (nSPS) is 15.4. The largest absolute Gasteiger partial charge is 0.433 e. The Morgan fingerprint density at radius 3 is 2.62 bits per heavy atom. The number of halogens is 3. The van der Waals surface area contributed by atoms with E-state index in [2.05, 4.69) is 15.0 Å². The van der Waals surface area contributed by atoms with Gasteiger partial charge in [0, 0.05) is 29.6 Å². The third-order valence-electron chi connectivity index (χ3n) is 6.39. The lowest BCUT2D eigenvalue weighted by Gasteiger charge is -2.25. The molecule has 0 spiro atoms. The maximum absolute atomic E-state index is 13.6. The van der Waals surface area contributed by atoms with Crippen LogP contribution >= 0.6 is 0 Å². The number of fused-ring (bicyclic) bond motifs is 3. The van der Waals surface area contributed by atoms with Gasteiger partial charge in [-0.3, -0.25) is 9.78 Å². The molecule has 9 nitrogen and oxygen atoms in total. The standard InChI is InChI=1S/C26H22F3N5O4S/c1-14-22-17-7-5-15(10-19(17)33-23(30)18(22)13-38-14)12-34(20-4-3-9-31-24(20)39(2,36)37)25(35)16-6-8-21(32-11-16)26(27,28)29/h3-11,14H,12-13H2,1-2H3,(H2,30,33)/t14-/m0/s1. The number of anilines is 2. The molecule has 3 aromatic heterocycles. The average Bonchev–Trinajstić information content (AvgIpc) is 3.28. The molecule has 1 atom stereocenters. The van der Waals surface area contributed by atoms with Crippen LogP contribution in [0.5, 0.6) is 0 Å². The molecule has 1 aromatic carbocycles. The van der Waals surface area contributed by atoms with Crippen molar-refractivity contribution in [2.75, 3.05) is 16.9 Å². The van der Waals surface area contributed by atoms with Gasteiger partial charge in [0.05, 0.1) is 36.0 Å². The van der Waals surface area contributed by atoms with Gasteiger partial charge in [-0.25, -0.2) is 18.4 Å². The molecule has 0 radical (unpaired) electrons. The van der Waals surface area contributed by atoms with Gasteiger partial charge >= 0.3 is 6.18 Å². The van der Waals surface area contributed by atoms with Crippen molar-refractivity contribution in [2.45, 2.75) is 37.4 Å². The molecule has 0 unspecified atom stereocenters. The third kappa shape index (κ3) is 5.02. The van der Waals surface area contributed by atoms with Crippen LogP contribution in [0.25, 0.3) is 10.9 Å². The summed E-state index contributed by atoms with van der Waals surface area (Å²) in [4.78, 5) is 26.6. The predicted octanol–water partition coefficient (Wildman–Crippen LogP) is 4.47. The molecule has 0 aliphatic carbocycles. The molecular formula is C26H22F3N5O4S. The zero-order valence-corrected chi connectivity index (χ0v) is 21.5. The first-order chi connectivity index (χ1) is 18.3. The first-order valence-corrected chi connectivity index (χ1v) is 13.6. The first-order valence-electron chi connectivity index (χ1n) is 11.7. The Balaban J connectivity index is 1.60. The number of nitrogen functional groups attached to an aromatic ring is 1. The van der Waals surface area contributed by atoms with E-state index < -0.39 is 27.6 Å². The molecule has 5 rings (SSSR count). The number of carbonyl (C=O) groups is 1. The van der Waals surface area contributed by atoms with E-state index in [1.54, 1.807) is 12.1 Å². The Labute approximate surface area is 221 Å². The number of alkyl halides is 3. The van der Waals surface area contributed by atoms with Gasteiger partial charge in [-0.2, -0.15) is 13.2 Å². The number of hydrogen-bond donors (Lipinski definition) is 1. The highest BCUT2D eigenvalue weighted by molar-refractivity contribution is 7.90. The van der Waals surface area contributed by atoms with Crippen LogP contribution < -0.4 is 10.6 Å². The molecule has 1 aliphatic heterocycles. The zero-order valence-electron chi connectivity index (χ0n) is 20.7. The van der Waals surface area contributed by atoms with E-state index in [0.717, 1.165) is 39.9 Å². The van der Waals surface area contributed by atoms with E-state index in [9.17, 15) is 26.4 Å². The molecule has 13 heteroatoms. The topological polar surface area (TPSA) is 128 Å². The number of sulfone groups is 1. The van der Waals surface area contributed by atoms with E-state index >= 15 is 0 Å². The summed E-state index contributed by atoms with van der Waals surface area (Å²) in [6, 6.07) is 9.86. The van der Waals surface area contributed by atoms with Gasteiger partial charge in [0.2, 0.25) is 0 Å². The summed E-state index contributed by atoms with van der Waals surface area (Å²) in [5.74, 6) is -0.438. The quantitative estimate of drug-likeness (QED) is 0.381. The summed E-state index contributed by atoms with van der Waals surface area (Å²) in [6.07, 6.45) is -1.84. The molecule has 1 amide bonds. The van der Waals surface area contributed by atoms with E-state index in [0.29, 0.717) is 29.6 Å². The van der Waals surface area contributed by atoms with Crippen molar-refractivity contribution in [1.82, 2.24) is 15.0 Å². The molecule has 0 saturated carbocycles. The smallest absolute Gasteiger partial charge is 0.383 e. The molecule has 1 aliphatic rings. The van der Waals surface area contributed by atoms with Gasteiger partial charge in [0.25, 0.3) is 5.91 Å². The molecule has 2 N–H and O–H groups in total. The van der Waals surface area contributed by atoms with Crippen LogP contribution in [0.1, 0.15) is 45.8 Å². The predicted molar refractivity (Wildman–Crippen MR) is 136 cm³/mol. The molecule has 0 bridgehead atoms. The molecular weight excluding hydrogens is 535 g/mol. The lowest BCUT2D eigenvalue weighted by molar-refractivity contribution is -0.141. The van der Waals surface area contributed by atoms with E-state index in [4.69, 9.17) is 10.5 Å². The third-order valence-corrected chi connectivity index (χ3v) is 7.41. The van der Waals surface area contributed by atoms with Crippen LogP contribution in [0.15, 0.2) is 59.9 Å². The average molecular weight is 558 g/mol. The second-order valence-electron chi connectivity index (χ2n) is 9.12. The van der Waals surface area contributed by atoms with Gasteiger partial charge in [-0.1, -0.05) is 12.1 Å². The summed E-state index contributed by atoms with van der Waals surface area (Å²) in [5.41, 5.74) is 7.67. The Bertz CT molecular complexity index is 1710. The number of aromatic nitrogens is 3. The number of carbonyl (C=O) groups excluding carboxylic acids is 1. The summed E-state index contributed by atoms with van der Waals surface area (Å²) in [6.45, 7) is 2.12. The van der Waals surface area contributed by atoms with Crippen molar-refractivity contribution in [3.8, 4) is 0 Å². The fourth-order valence-electron chi connectivity index (χ4n) is 4.57. The fraction of sp³-hybridized carbons (Fsp3) is 0.231. The number of ether oxygens (including phenoxy) is 1. The number of benzene rings is 1. The van der Waals surface area contributed by atoms with Crippen LogP contribution in [-0.2, 0) is 33.9 Å². The van der Waals surface area contributed by atoms with Crippen molar-refractivity contribution in [3.05, 3.63) is 82.8 Å². The van der Waals surface area contributed by atoms with Crippen molar-refractivity contribution in [3.63, 3.8) is 0 Å². The lowest BCUT2D eigenvalue weighted by atomic mass is 9.99. The van der Waals surface area contributed by atoms with Crippen LogP contribution in [-0.4, -0.2) is 35.5 Å². The first kappa shape index (κ1) is 26.5. The van der Waals surface area contributed by atoms with Crippen LogP contribution in [0, 0.1) is 0 Å². The van der Waals surface area contributed by atoms with Crippen molar-refractivity contribution in [2.24, 2.45) is 0 Å². The number of amides is 1. The molecule has 39 heavy (non-hydrogen) atoms. The van der Waals surface area contributed by atoms with Crippen molar-refractivity contribution < 1.29 is 31.1 Å². The molecule has 202 valence electrons. The number of hydrogen-bond acceptors (Lipinski definition) is 8. The Morgan fingerprint density at radius 1 is 1.18 bits per heavy atom. The monoisotopic (exact) mass is 557 g/mol. The van der Waals surface area contributed by atoms with Crippen LogP contribution in [0.4, 0.5) is 24.7 Å². The van der Waals surface area contributed by atoms with Crippen molar-refractivity contribution in [1.29, 1.82) is 0 Å². The van der Waals surface area contributed by atoms with Crippen molar-refractivity contribution >= 4 is 38.2 Å². The summed E-state index contributed by atoms with van der Waals surface area (Å²) < 4.78 is 69.8. The number of nitrogens with two attached hydrogens (primary N) is 1. The number of nitrogens with zero attached hydrogens (tertiary/aromatic N) is 4. The fourth-order valence-corrected chi connectivity index (χ4v) is 5.38.